The highest BCUT2D eigenvalue weighted by molar-refractivity contribution is 5.94. The van der Waals surface area contributed by atoms with Crippen LogP contribution in [0.3, 0.4) is 0 Å². The van der Waals surface area contributed by atoms with Crippen molar-refractivity contribution in [1.82, 2.24) is 29.6 Å². The van der Waals surface area contributed by atoms with Gasteiger partial charge in [-0.2, -0.15) is 10.2 Å². The SMILES string of the molecule is Cc1cc(CN2C(=O)CC3(CCN(Cc4ccn(C)n4)CC3)n3nccc32)no1. The number of hydrogen-bond donors (Lipinski definition) is 0. The lowest BCUT2D eigenvalue weighted by Crippen LogP contribution is -2.53. The molecule has 0 radical (unpaired) electrons. The number of piperidine rings is 1. The molecule has 5 rings (SSSR count). The van der Waals surface area contributed by atoms with Crippen molar-refractivity contribution >= 4 is 11.7 Å². The number of hydrogen-bond acceptors (Lipinski definition) is 6. The summed E-state index contributed by atoms with van der Waals surface area (Å²) in [6.07, 6.45) is 6.03. The highest BCUT2D eigenvalue weighted by Crippen LogP contribution is 2.41. The molecule has 1 saturated heterocycles. The van der Waals surface area contributed by atoms with Gasteiger partial charge in [0.15, 0.2) is 0 Å². The average Bonchev–Trinajstić information content (AvgIpc) is 3.43. The fourth-order valence-corrected chi connectivity index (χ4v) is 4.56. The molecule has 0 unspecified atom stereocenters. The quantitative estimate of drug-likeness (QED) is 0.670. The van der Waals surface area contributed by atoms with E-state index in [9.17, 15) is 4.79 Å². The first kappa shape index (κ1) is 18.1. The van der Waals surface area contributed by atoms with Gasteiger partial charge in [0.2, 0.25) is 5.91 Å². The number of fused-ring (bicyclic) bond motifs is 2. The molecular formula is C20H25N7O2. The number of nitrogens with zero attached hydrogens (tertiary/aromatic N) is 7. The Morgan fingerprint density at radius 3 is 2.69 bits per heavy atom. The standard InChI is InChI=1S/C20H25N7O2/c1-15-11-17(23-29-15)14-26-18-3-7-21-27(18)20(12-19(26)28)5-9-25(10-6-20)13-16-4-8-24(2)22-16/h3-4,7-8,11H,5-6,9-10,12-14H2,1-2H3. The van der Waals surface area contributed by atoms with Crippen LogP contribution in [0.15, 0.2) is 35.1 Å². The van der Waals surface area contributed by atoms with E-state index in [0.717, 1.165) is 55.4 Å². The van der Waals surface area contributed by atoms with Gasteiger partial charge in [0, 0.05) is 45.0 Å². The minimum Gasteiger partial charge on any atom is -0.361 e. The summed E-state index contributed by atoms with van der Waals surface area (Å²) in [4.78, 5) is 17.3. The number of aromatic nitrogens is 5. The summed E-state index contributed by atoms with van der Waals surface area (Å²) in [5, 5.41) is 13.1. The van der Waals surface area contributed by atoms with Crippen molar-refractivity contribution in [3.05, 3.63) is 47.7 Å². The van der Waals surface area contributed by atoms with Crippen LogP contribution in [0.1, 0.15) is 36.4 Å². The minimum atomic E-state index is -0.243. The smallest absolute Gasteiger partial charge is 0.230 e. The van der Waals surface area contributed by atoms with Crippen LogP contribution in [0.5, 0.6) is 0 Å². The zero-order valence-corrected chi connectivity index (χ0v) is 16.8. The van der Waals surface area contributed by atoms with E-state index in [1.54, 1.807) is 11.1 Å². The maximum atomic E-state index is 13.1. The van der Waals surface area contributed by atoms with Crippen LogP contribution in [0.4, 0.5) is 5.82 Å². The first-order valence-corrected chi connectivity index (χ1v) is 10.0. The maximum Gasteiger partial charge on any atom is 0.230 e. The Morgan fingerprint density at radius 1 is 1.17 bits per heavy atom. The first-order valence-electron chi connectivity index (χ1n) is 10.0. The van der Waals surface area contributed by atoms with Crippen molar-refractivity contribution in [3.63, 3.8) is 0 Å². The van der Waals surface area contributed by atoms with E-state index in [4.69, 9.17) is 4.52 Å². The van der Waals surface area contributed by atoms with Crippen molar-refractivity contribution in [3.8, 4) is 0 Å². The third-order valence-electron chi connectivity index (χ3n) is 6.07. The van der Waals surface area contributed by atoms with Gasteiger partial charge < -0.3 is 4.52 Å². The second-order valence-corrected chi connectivity index (χ2v) is 8.17. The predicted octanol–water partition coefficient (Wildman–Crippen LogP) is 1.84. The molecule has 1 spiro atoms. The summed E-state index contributed by atoms with van der Waals surface area (Å²) in [5.74, 6) is 1.71. The Labute approximate surface area is 168 Å². The lowest BCUT2D eigenvalue weighted by atomic mass is 9.82. The molecule has 2 aliphatic rings. The number of anilines is 1. The molecule has 152 valence electrons. The van der Waals surface area contributed by atoms with Crippen LogP contribution in [0.25, 0.3) is 0 Å². The number of rotatable bonds is 4. The van der Waals surface area contributed by atoms with Gasteiger partial charge in [-0.15, -0.1) is 0 Å². The van der Waals surface area contributed by atoms with E-state index in [1.807, 2.05) is 37.0 Å². The number of amides is 1. The second kappa shape index (κ2) is 6.84. The van der Waals surface area contributed by atoms with Gasteiger partial charge in [0.1, 0.15) is 17.3 Å². The molecule has 5 heterocycles. The van der Waals surface area contributed by atoms with E-state index in [-0.39, 0.29) is 11.4 Å². The largest absolute Gasteiger partial charge is 0.361 e. The summed E-state index contributed by atoms with van der Waals surface area (Å²) < 4.78 is 9.06. The highest BCUT2D eigenvalue weighted by atomic mass is 16.5. The summed E-state index contributed by atoms with van der Waals surface area (Å²) >= 11 is 0. The molecule has 9 nitrogen and oxygen atoms in total. The molecule has 9 heteroatoms. The Bertz CT molecular complexity index is 1030. The molecule has 29 heavy (non-hydrogen) atoms. The fraction of sp³-hybridized carbons (Fsp3) is 0.500. The lowest BCUT2D eigenvalue weighted by Gasteiger charge is -2.46. The van der Waals surface area contributed by atoms with E-state index >= 15 is 0 Å². The summed E-state index contributed by atoms with van der Waals surface area (Å²) in [5.41, 5.74) is 1.59. The van der Waals surface area contributed by atoms with Gasteiger partial charge in [-0.3, -0.25) is 19.3 Å². The number of carbonyl (C=O) groups excluding carboxylic acids is 1. The molecule has 1 amide bonds. The maximum absolute atomic E-state index is 13.1. The third kappa shape index (κ3) is 3.25. The second-order valence-electron chi connectivity index (χ2n) is 8.17. The number of aryl methyl sites for hydroxylation is 2. The van der Waals surface area contributed by atoms with E-state index < -0.39 is 0 Å². The molecule has 2 aliphatic heterocycles. The van der Waals surface area contributed by atoms with Crippen molar-refractivity contribution in [1.29, 1.82) is 0 Å². The monoisotopic (exact) mass is 395 g/mol. The normalized spacial score (nSPS) is 19.1. The topological polar surface area (TPSA) is 85.2 Å². The minimum absolute atomic E-state index is 0.122. The molecule has 0 bridgehead atoms. The zero-order valence-electron chi connectivity index (χ0n) is 16.8. The molecule has 0 aromatic carbocycles. The summed E-state index contributed by atoms with van der Waals surface area (Å²) in [6, 6.07) is 5.85. The van der Waals surface area contributed by atoms with Crippen LogP contribution in [-0.2, 0) is 30.5 Å². The van der Waals surface area contributed by atoms with Crippen molar-refractivity contribution in [2.24, 2.45) is 7.05 Å². The third-order valence-corrected chi connectivity index (χ3v) is 6.07. The van der Waals surface area contributed by atoms with Crippen LogP contribution in [-0.4, -0.2) is 48.6 Å². The zero-order chi connectivity index (χ0) is 20.0. The van der Waals surface area contributed by atoms with Crippen LogP contribution in [0, 0.1) is 6.92 Å². The van der Waals surface area contributed by atoms with Gasteiger partial charge in [-0.05, 0) is 25.8 Å². The molecule has 3 aromatic rings. The van der Waals surface area contributed by atoms with Crippen LogP contribution in [0.2, 0.25) is 0 Å². The van der Waals surface area contributed by atoms with Crippen molar-refractivity contribution in [2.75, 3.05) is 18.0 Å². The molecule has 3 aromatic heterocycles. The van der Waals surface area contributed by atoms with Crippen LogP contribution < -0.4 is 4.90 Å². The van der Waals surface area contributed by atoms with Crippen molar-refractivity contribution in [2.45, 2.75) is 44.8 Å². The van der Waals surface area contributed by atoms with E-state index in [2.05, 4.69) is 31.0 Å². The van der Waals surface area contributed by atoms with E-state index in [0.29, 0.717) is 13.0 Å². The lowest BCUT2D eigenvalue weighted by molar-refractivity contribution is -0.123. The first-order chi connectivity index (χ1) is 14.0. The van der Waals surface area contributed by atoms with E-state index in [1.165, 1.54) is 0 Å². The fourth-order valence-electron chi connectivity index (χ4n) is 4.56. The Balaban J connectivity index is 1.33. The Morgan fingerprint density at radius 2 is 2.00 bits per heavy atom. The summed E-state index contributed by atoms with van der Waals surface area (Å²) in [7, 11) is 1.94. The molecular weight excluding hydrogens is 370 g/mol. The Hall–Kier alpha value is -2.94. The molecule has 0 saturated carbocycles. The van der Waals surface area contributed by atoms with Gasteiger partial charge in [0.05, 0.1) is 30.4 Å². The highest BCUT2D eigenvalue weighted by Gasteiger charge is 2.45. The predicted molar refractivity (Wildman–Crippen MR) is 105 cm³/mol. The molecule has 0 aliphatic carbocycles. The van der Waals surface area contributed by atoms with Crippen LogP contribution >= 0.6 is 0 Å². The average molecular weight is 395 g/mol. The van der Waals surface area contributed by atoms with Gasteiger partial charge in [0.25, 0.3) is 0 Å². The Kier molecular flexibility index (Phi) is 4.27. The molecule has 0 N–H and O–H groups in total. The van der Waals surface area contributed by atoms with Gasteiger partial charge >= 0.3 is 0 Å². The number of carbonyl (C=O) groups is 1. The number of likely N-dealkylation sites (tertiary alicyclic amines) is 1. The summed E-state index contributed by atoms with van der Waals surface area (Å²) in [6.45, 7) is 4.95. The van der Waals surface area contributed by atoms with Gasteiger partial charge in [-0.25, -0.2) is 4.68 Å². The molecule has 0 atom stereocenters. The van der Waals surface area contributed by atoms with Gasteiger partial charge in [-0.1, -0.05) is 5.16 Å². The van der Waals surface area contributed by atoms with Crippen molar-refractivity contribution < 1.29 is 9.32 Å². The molecule has 1 fully saturated rings.